The number of benzene rings is 1. The summed E-state index contributed by atoms with van der Waals surface area (Å²) in [4.78, 5) is 2.44. The lowest BCUT2D eigenvalue weighted by Crippen LogP contribution is -2.61. The molecule has 1 aliphatic carbocycles. The lowest BCUT2D eigenvalue weighted by atomic mass is 9.73. The van der Waals surface area contributed by atoms with Gasteiger partial charge in [0.05, 0.1) is 11.1 Å². The third-order valence-corrected chi connectivity index (χ3v) is 6.04. The van der Waals surface area contributed by atoms with Crippen LogP contribution >= 0.6 is 23.2 Å². The van der Waals surface area contributed by atoms with Crippen molar-refractivity contribution in [2.24, 2.45) is 5.92 Å². The second-order valence-electron chi connectivity index (χ2n) is 6.74. The number of hydrogen-bond acceptors (Lipinski definition) is 3. The Kier molecular flexibility index (Phi) is 3.80. The molecule has 1 saturated heterocycles. The number of rotatable bonds is 1. The number of nitrogens with zero attached hydrogens (tertiary/aromatic N) is 1. The van der Waals surface area contributed by atoms with Gasteiger partial charge in [-0.05, 0) is 37.8 Å². The van der Waals surface area contributed by atoms with Crippen molar-refractivity contribution in [3.8, 4) is 5.75 Å². The van der Waals surface area contributed by atoms with Crippen molar-refractivity contribution in [1.82, 2.24) is 4.90 Å². The van der Waals surface area contributed by atoms with Gasteiger partial charge in [0, 0.05) is 36.0 Å². The van der Waals surface area contributed by atoms with Gasteiger partial charge in [-0.25, -0.2) is 0 Å². The molecule has 2 fully saturated rings. The molecule has 1 aromatic rings. The van der Waals surface area contributed by atoms with Crippen LogP contribution in [0.5, 0.6) is 5.75 Å². The highest BCUT2D eigenvalue weighted by atomic mass is 35.5. The van der Waals surface area contributed by atoms with Crippen LogP contribution in [0.25, 0.3) is 0 Å². The van der Waals surface area contributed by atoms with Gasteiger partial charge in [-0.1, -0.05) is 29.6 Å². The maximum atomic E-state index is 11.0. The van der Waals surface area contributed by atoms with E-state index in [1.165, 1.54) is 12.8 Å². The summed E-state index contributed by atoms with van der Waals surface area (Å²) >= 11 is 12.5. The molecule has 3 nitrogen and oxygen atoms in total. The van der Waals surface area contributed by atoms with Gasteiger partial charge < -0.3 is 9.84 Å². The highest BCUT2D eigenvalue weighted by Gasteiger charge is 2.55. The molecule has 3 aliphatic rings. The molecule has 0 bridgehead atoms. The zero-order valence-electron chi connectivity index (χ0n) is 12.5. The molecule has 1 saturated carbocycles. The number of aliphatic hydroxyl groups is 1. The molecule has 0 radical (unpaired) electrons. The first-order chi connectivity index (χ1) is 10.6. The first-order valence-electron chi connectivity index (χ1n) is 8.23. The van der Waals surface area contributed by atoms with Gasteiger partial charge in [0.25, 0.3) is 0 Å². The van der Waals surface area contributed by atoms with Crippen LogP contribution in [0.1, 0.15) is 50.2 Å². The molecule has 4 rings (SSSR count). The molecule has 2 aliphatic heterocycles. The molecule has 22 heavy (non-hydrogen) atoms. The topological polar surface area (TPSA) is 32.7 Å². The maximum absolute atomic E-state index is 11.0. The Hall–Kier alpha value is -0.480. The van der Waals surface area contributed by atoms with Crippen molar-refractivity contribution >= 4 is 23.2 Å². The average Bonchev–Trinajstić information content (AvgIpc) is 3.04. The molecule has 0 spiro atoms. The van der Waals surface area contributed by atoms with E-state index in [1.54, 1.807) is 12.1 Å². The Morgan fingerprint density at radius 3 is 2.68 bits per heavy atom. The SMILES string of the molecule is O[C@@H]1c2cc(Cl)cc(Cl)c2O[C@@]2(N3CCCC3)CCCC[C@H]12. The van der Waals surface area contributed by atoms with Crippen LogP contribution in [0.15, 0.2) is 12.1 Å². The zero-order valence-corrected chi connectivity index (χ0v) is 14.0. The summed E-state index contributed by atoms with van der Waals surface area (Å²) in [5.41, 5.74) is 0.359. The van der Waals surface area contributed by atoms with Crippen molar-refractivity contribution < 1.29 is 9.84 Å². The van der Waals surface area contributed by atoms with Gasteiger partial charge >= 0.3 is 0 Å². The van der Waals surface area contributed by atoms with Crippen molar-refractivity contribution in [1.29, 1.82) is 0 Å². The summed E-state index contributed by atoms with van der Waals surface area (Å²) in [5, 5.41) is 12.1. The summed E-state index contributed by atoms with van der Waals surface area (Å²) in [6.07, 6.45) is 6.09. The van der Waals surface area contributed by atoms with Crippen molar-refractivity contribution in [3.63, 3.8) is 0 Å². The van der Waals surface area contributed by atoms with Crippen LogP contribution in [0.3, 0.4) is 0 Å². The second kappa shape index (κ2) is 5.55. The van der Waals surface area contributed by atoms with Crippen LogP contribution in [0.2, 0.25) is 10.0 Å². The Balaban J connectivity index is 1.83. The highest BCUT2D eigenvalue weighted by Crippen LogP contribution is 2.54. The number of ether oxygens (including phenoxy) is 1. The van der Waals surface area contributed by atoms with E-state index in [1.807, 2.05) is 0 Å². The minimum absolute atomic E-state index is 0.0985. The fourth-order valence-electron chi connectivity index (χ4n) is 4.54. The van der Waals surface area contributed by atoms with Crippen LogP contribution in [0, 0.1) is 5.92 Å². The van der Waals surface area contributed by atoms with Crippen LogP contribution in [0.4, 0.5) is 0 Å². The Bertz CT molecular complexity index is 588. The van der Waals surface area contributed by atoms with E-state index in [0.29, 0.717) is 15.8 Å². The van der Waals surface area contributed by atoms with Crippen molar-refractivity contribution in [2.45, 2.75) is 50.4 Å². The van der Waals surface area contributed by atoms with Crippen molar-refractivity contribution in [3.05, 3.63) is 27.7 Å². The van der Waals surface area contributed by atoms with Crippen LogP contribution in [-0.4, -0.2) is 28.8 Å². The van der Waals surface area contributed by atoms with E-state index < -0.39 is 11.8 Å². The van der Waals surface area contributed by atoms with E-state index >= 15 is 0 Å². The summed E-state index contributed by atoms with van der Waals surface area (Å²) in [6, 6.07) is 3.51. The molecule has 1 aromatic carbocycles. The Morgan fingerprint density at radius 2 is 1.91 bits per heavy atom. The third kappa shape index (κ3) is 2.17. The molecule has 0 unspecified atom stereocenters. The first kappa shape index (κ1) is 15.1. The van der Waals surface area contributed by atoms with Gasteiger partial charge in [0.1, 0.15) is 5.75 Å². The lowest BCUT2D eigenvalue weighted by molar-refractivity contribution is -0.184. The second-order valence-corrected chi connectivity index (χ2v) is 7.59. The summed E-state index contributed by atoms with van der Waals surface area (Å²) < 4.78 is 6.54. The number of likely N-dealkylation sites (tertiary alicyclic amines) is 1. The van der Waals surface area contributed by atoms with E-state index in [0.717, 1.165) is 44.3 Å². The fourth-order valence-corrected chi connectivity index (χ4v) is 5.09. The predicted molar refractivity (Wildman–Crippen MR) is 87.5 cm³/mol. The molecule has 3 atom stereocenters. The molecule has 0 amide bonds. The van der Waals surface area contributed by atoms with Gasteiger partial charge in [0.15, 0.2) is 5.72 Å². The molecule has 2 heterocycles. The van der Waals surface area contributed by atoms with E-state index in [4.69, 9.17) is 27.9 Å². The monoisotopic (exact) mass is 341 g/mol. The lowest BCUT2D eigenvalue weighted by Gasteiger charge is -2.54. The Morgan fingerprint density at radius 1 is 1.14 bits per heavy atom. The minimum Gasteiger partial charge on any atom is -0.470 e. The molecular weight excluding hydrogens is 321 g/mol. The van der Waals surface area contributed by atoms with E-state index in [9.17, 15) is 5.11 Å². The standard InChI is InChI=1S/C17H21Cl2NO2/c18-11-9-12-15(21)13-5-1-2-6-17(13,20-7-3-4-8-20)22-16(12)14(19)10-11/h9-10,13,15,21H,1-8H2/t13-,15-,17+/m1/s1. The molecule has 0 aromatic heterocycles. The molecule has 1 N–H and O–H groups in total. The van der Waals surface area contributed by atoms with E-state index in [-0.39, 0.29) is 5.92 Å². The quantitative estimate of drug-likeness (QED) is 0.821. The summed E-state index contributed by atoms with van der Waals surface area (Å²) in [7, 11) is 0. The zero-order chi connectivity index (χ0) is 15.3. The summed E-state index contributed by atoms with van der Waals surface area (Å²) in [6.45, 7) is 2.09. The minimum atomic E-state index is -0.555. The van der Waals surface area contributed by atoms with Gasteiger partial charge in [0.2, 0.25) is 0 Å². The largest absolute Gasteiger partial charge is 0.470 e. The summed E-state index contributed by atoms with van der Waals surface area (Å²) in [5.74, 6) is 0.727. The maximum Gasteiger partial charge on any atom is 0.169 e. The predicted octanol–water partition coefficient (Wildman–Crippen LogP) is 4.40. The van der Waals surface area contributed by atoms with Gasteiger partial charge in [-0.15, -0.1) is 0 Å². The van der Waals surface area contributed by atoms with Gasteiger partial charge in [-0.2, -0.15) is 0 Å². The highest BCUT2D eigenvalue weighted by molar-refractivity contribution is 6.35. The van der Waals surface area contributed by atoms with Crippen LogP contribution < -0.4 is 4.74 Å². The van der Waals surface area contributed by atoms with Gasteiger partial charge in [-0.3, -0.25) is 4.90 Å². The number of fused-ring (bicyclic) bond motifs is 2. The number of aliphatic hydroxyl groups excluding tert-OH is 1. The average molecular weight is 342 g/mol. The number of halogens is 2. The molecule has 5 heteroatoms. The Labute approximate surface area is 141 Å². The molecule has 120 valence electrons. The number of hydrogen-bond donors (Lipinski definition) is 1. The van der Waals surface area contributed by atoms with E-state index in [2.05, 4.69) is 4.90 Å². The van der Waals surface area contributed by atoms with Crippen molar-refractivity contribution in [2.75, 3.05) is 13.1 Å². The van der Waals surface area contributed by atoms with Crippen LogP contribution in [-0.2, 0) is 0 Å². The first-order valence-corrected chi connectivity index (χ1v) is 8.98. The fraction of sp³-hybridized carbons (Fsp3) is 0.647. The molecular formula is C17H21Cl2NO2. The normalized spacial score (nSPS) is 34.9. The smallest absolute Gasteiger partial charge is 0.169 e. The third-order valence-electron chi connectivity index (χ3n) is 5.54.